The molecule has 0 saturated heterocycles. The molecule has 30 heavy (non-hydrogen) atoms. The van der Waals surface area contributed by atoms with E-state index in [1.54, 1.807) is 6.08 Å². The molecule has 4 N–H and O–H groups in total. The lowest BCUT2D eigenvalue weighted by Gasteiger charge is -1.94. The second-order valence-corrected chi connectivity index (χ2v) is 6.26. The first-order valence-electron chi connectivity index (χ1n) is 9.98. The van der Waals surface area contributed by atoms with Gasteiger partial charge >= 0.3 is 11.9 Å². The summed E-state index contributed by atoms with van der Waals surface area (Å²) in [5, 5.41) is 32.5. The summed E-state index contributed by atoms with van der Waals surface area (Å²) < 4.78 is 0. The molecule has 0 aliphatic rings. The Kier molecular flexibility index (Phi) is 36.5. The van der Waals surface area contributed by atoms with Crippen molar-refractivity contribution in [2.45, 2.75) is 65.2 Å². The third kappa shape index (κ3) is 50.0. The van der Waals surface area contributed by atoms with E-state index in [9.17, 15) is 9.59 Å². The number of rotatable bonds is 13. The summed E-state index contributed by atoms with van der Waals surface area (Å²) in [6.07, 6.45) is 16.5. The van der Waals surface area contributed by atoms with Crippen LogP contribution in [-0.2, 0) is 9.59 Å². The molecule has 0 aromatic rings. The summed E-state index contributed by atoms with van der Waals surface area (Å²) in [4.78, 5) is 19.2. The average Bonchev–Trinajstić information content (AvgIpc) is 2.69. The van der Waals surface area contributed by atoms with Gasteiger partial charge in [-0.15, -0.1) is 13.2 Å². The van der Waals surface area contributed by atoms with Crippen LogP contribution < -0.4 is 0 Å². The van der Waals surface area contributed by atoms with E-state index < -0.39 is 11.9 Å². The van der Waals surface area contributed by atoms with Gasteiger partial charge in [-0.05, 0) is 52.4 Å². The summed E-state index contributed by atoms with van der Waals surface area (Å²) in [5.41, 5.74) is 0.352. The molecule has 174 valence electrons. The highest BCUT2D eigenvalue weighted by molar-refractivity contribution is 5.85. The van der Waals surface area contributed by atoms with Gasteiger partial charge < -0.3 is 20.4 Å². The first-order chi connectivity index (χ1) is 14.1. The zero-order chi connectivity index (χ0) is 24.2. The zero-order valence-corrected chi connectivity index (χ0v) is 18.8. The van der Waals surface area contributed by atoms with Crippen LogP contribution in [-0.4, -0.2) is 45.6 Å². The van der Waals surface area contributed by atoms with Gasteiger partial charge in [0.1, 0.15) is 0 Å². The molecule has 0 unspecified atom stereocenters. The molecule has 6 heteroatoms. The van der Waals surface area contributed by atoms with Crippen molar-refractivity contribution >= 4 is 11.9 Å². The summed E-state index contributed by atoms with van der Waals surface area (Å²) in [7, 11) is 0. The number of allylic oxidation sites excluding steroid dienone is 3. The highest BCUT2D eigenvalue weighted by Gasteiger charge is 1.90. The van der Waals surface area contributed by atoms with Crippen LogP contribution in [0.2, 0.25) is 0 Å². The molecular formula is C24H42O6. The highest BCUT2D eigenvalue weighted by atomic mass is 16.4. The number of hydrogen-bond acceptors (Lipinski definition) is 4. The maximum absolute atomic E-state index is 9.60. The van der Waals surface area contributed by atoms with Gasteiger partial charge in [0.25, 0.3) is 0 Å². The first-order valence-corrected chi connectivity index (χ1v) is 9.98. The van der Waals surface area contributed by atoms with Crippen molar-refractivity contribution in [3.05, 3.63) is 61.8 Å². The fraction of sp³-hybridized carbons (Fsp3) is 0.500. The van der Waals surface area contributed by atoms with E-state index in [2.05, 4.69) is 26.3 Å². The maximum Gasteiger partial charge on any atom is 0.330 e. The SMILES string of the molecule is C=C(C)C(=O)O.C=C(C)C(=O)O.C=CCCC/C=C/CO.C=CCCCCCCO. The number of carboxylic acid groups (broad SMARTS) is 2. The molecule has 0 atom stereocenters. The Balaban J connectivity index is -0.000000153. The number of carbonyl (C=O) groups is 2. The molecule has 0 aliphatic heterocycles. The van der Waals surface area contributed by atoms with Crippen molar-refractivity contribution < 1.29 is 30.0 Å². The molecule has 0 fully saturated rings. The van der Waals surface area contributed by atoms with E-state index in [0.717, 1.165) is 38.5 Å². The number of aliphatic hydroxyl groups excluding tert-OH is 2. The molecule has 0 spiro atoms. The highest BCUT2D eigenvalue weighted by Crippen LogP contribution is 2.01. The van der Waals surface area contributed by atoms with Crippen molar-refractivity contribution in [2.24, 2.45) is 0 Å². The second kappa shape index (κ2) is 31.3. The van der Waals surface area contributed by atoms with Crippen LogP contribution in [0, 0.1) is 0 Å². The van der Waals surface area contributed by atoms with Crippen LogP contribution in [0.15, 0.2) is 61.8 Å². The fourth-order valence-corrected chi connectivity index (χ4v) is 1.33. The van der Waals surface area contributed by atoms with E-state index in [4.69, 9.17) is 20.4 Å². The van der Waals surface area contributed by atoms with Gasteiger partial charge in [-0.25, -0.2) is 9.59 Å². The van der Waals surface area contributed by atoms with Crippen molar-refractivity contribution in [1.82, 2.24) is 0 Å². The molecule has 0 aromatic carbocycles. The van der Waals surface area contributed by atoms with Gasteiger partial charge in [-0.1, -0.05) is 50.3 Å². The molecule has 0 aromatic heterocycles. The number of hydrogen-bond donors (Lipinski definition) is 4. The lowest BCUT2D eigenvalue weighted by Crippen LogP contribution is -1.92. The Morgan fingerprint density at radius 1 is 0.700 bits per heavy atom. The van der Waals surface area contributed by atoms with Crippen molar-refractivity contribution in [3.8, 4) is 0 Å². The normalized spacial score (nSPS) is 8.93. The molecular weight excluding hydrogens is 384 g/mol. The van der Waals surface area contributed by atoms with E-state index in [1.807, 2.05) is 18.2 Å². The van der Waals surface area contributed by atoms with Crippen LogP contribution in [0.3, 0.4) is 0 Å². The van der Waals surface area contributed by atoms with Crippen molar-refractivity contribution in [3.63, 3.8) is 0 Å². The lowest BCUT2D eigenvalue weighted by molar-refractivity contribution is -0.133. The minimum Gasteiger partial charge on any atom is -0.478 e. The number of unbranched alkanes of at least 4 members (excludes halogenated alkanes) is 6. The topological polar surface area (TPSA) is 115 Å². The van der Waals surface area contributed by atoms with Crippen LogP contribution in [0.5, 0.6) is 0 Å². The van der Waals surface area contributed by atoms with Crippen molar-refractivity contribution in [2.75, 3.05) is 13.2 Å². The van der Waals surface area contributed by atoms with E-state index in [-0.39, 0.29) is 17.8 Å². The largest absolute Gasteiger partial charge is 0.478 e. The van der Waals surface area contributed by atoms with Gasteiger partial charge in [0.15, 0.2) is 0 Å². The minimum atomic E-state index is -0.935. The number of carboxylic acids is 2. The molecule has 0 aliphatic carbocycles. The van der Waals surface area contributed by atoms with Gasteiger partial charge in [0, 0.05) is 17.8 Å². The standard InChI is InChI=1S/C8H16O.C8H14O.2C4H6O2/c2*1-2-3-4-5-6-7-8-9;2*1-3(2)4(5)6/h2,9H,1,3-8H2;2,6-7,9H,1,3-5,8H2;2*1H2,2H3,(H,5,6)/b;7-6+;;. The summed E-state index contributed by atoms with van der Waals surface area (Å²) in [5.74, 6) is -1.87. The van der Waals surface area contributed by atoms with Crippen LogP contribution in [0.4, 0.5) is 0 Å². The Morgan fingerprint density at radius 2 is 1.10 bits per heavy atom. The van der Waals surface area contributed by atoms with Gasteiger partial charge in [0.05, 0.1) is 6.61 Å². The van der Waals surface area contributed by atoms with Gasteiger partial charge in [0.2, 0.25) is 0 Å². The predicted molar refractivity (Wildman–Crippen MR) is 126 cm³/mol. The van der Waals surface area contributed by atoms with Crippen LogP contribution in [0.25, 0.3) is 0 Å². The first kappa shape index (κ1) is 35.0. The molecule has 0 rings (SSSR count). The van der Waals surface area contributed by atoms with Gasteiger partial charge in [-0.2, -0.15) is 0 Å². The number of aliphatic hydroxyl groups is 2. The zero-order valence-electron chi connectivity index (χ0n) is 18.8. The molecule has 0 saturated carbocycles. The Morgan fingerprint density at radius 3 is 1.43 bits per heavy atom. The lowest BCUT2D eigenvalue weighted by atomic mass is 10.1. The molecule has 6 nitrogen and oxygen atoms in total. The molecule has 0 amide bonds. The van der Waals surface area contributed by atoms with E-state index in [0.29, 0.717) is 6.61 Å². The smallest absolute Gasteiger partial charge is 0.330 e. The summed E-state index contributed by atoms with van der Waals surface area (Å²) in [6.45, 7) is 16.9. The Hall–Kier alpha value is -2.44. The minimum absolute atomic E-state index is 0.161. The van der Waals surface area contributed by atoms with Crippen molar-refractivity contribution in [1.29, 1.82) is 0 Å². The summed E-state index contributed by atoms with van der Waals surface area (Å²) >= 11 is 0. The molecule has 0 heterocycles. The van der Waals surface area contributed by atoms with E-state index in [1.165, 1.54) is 26.7 Å². The monoisotopic (exact) mass is 426 g/mol. The Labute approximate surface area is 182 Å². The van der Waals surface area contributed by atoms with E-state index >= 15 is 0 Å². The van der Waals surface area contributed by atoms with Crippen LogP contribution >= 0.6 is 0 Å². The molecule has 0 bridgehead atoms. The third-order valence-corrected chi connectivity index (χ3v) is 3.10. The second-order valence-electron chi connectivity index (χ2n) is 6.26. The quantitative estimate of drug-likeness (QED) is 0.180. The summed E-state index contributed by atoms with van der Waals surface area (Å²) in [6, 6.07) is 0. The predicted octanol–water partition coefficient (Wildman–Crippen LogP) is 5.30. The van der Waals surface area contributed by atoms with Gasteiger partial charge in [-0.3, -0.25) is 0 Å². The van der Waals surface area contributed by atoms with Crippen LogP contribution in [0.1, 0.15) is 65.2 Å². The average molecular weight is 427 g/mol. The maximum atomic E-state index is 9.60. The fourth-order valence-electron chi connectivity index (χ4n) is 1.33. The third-order valence-electron chi connectivity index (χ3n) is 3.10. The number of aliphatic carboxylic acids is 2. The Bertz CT molecular complexity index is 444. The molecule has 0 radical (unpaired) electrons.